The van der Waals surface area contributed by atoms with Gasteiger partial charge in [-0.25, -0.2) is 0 Å². The van der Waals surface area contributed by atoms with Crippen molar-refractivity contribution in [3.05, 3.63) is 21.1 Å². The molecule has 71 valence electrons. The van der Waals surface area contributed by atoms with Crippen molar-refractivity contribution in [2.75, 3.05) is 14.2 Å². The molecule has 0 fully saturated rings. The van der Waals surface area contributed by atoms with Gasteiger partial charge in [0, 0.05) is 6.07 Å². The van der Waals surface area contributed by atoms with Crippen molar-refractivity contribution in [1.82, 2.24) is 0 Å². The summed E-state index contributed by atoms with van der Waals surface area (Å²) in [5.74, 6) is 0.620. The van der Waals surface area contributed by atoms with Gasteiger partial charge in [-0.05, 0) is 0 Å². The molecule has 1 rings (SSSR count). The lowest BCUT2D eigenvalue weighted by Gasteiger charge is -2.10. The summed E-state index contributed by atoms with van der Waals surface area (Å²) in [7, 11) is 2.91. The molecule has 0 aliphatic carbocycles. The first-order chi connectivity index (χ1) is 6.11. The molecule has 0 aromatic heterocycles. The molecule has 2 nitrogen and oxygen atoms in total. The number of ether oxygens (including phenoxy) is 2. The smallest absolute Gasteiger partial charge is 0.160 e. The van der Waals surface area contributed by atoms with E-state index in [0.29, 0.717) is 11.5 Å². The molecule has 0 aliphatic rings. The molecule has 13 heavy (non-hydrogen) atoms. The highest BCUT2D eigenvalue weighted by atomic mass is 35.5. The van der Waals surface area contributed by atoms with Crippen molar-refractivity contribution in [1.29, 1.82) is 0 Å². The third-order valence-corrected chi connectivity index (χ3v) is 2.30. The molecule has 0 atom stereocenters. The summed E-state index contributed by atoms with van der Waals surface area (Å²) in [6.45, 7) is 0. The van der Waals surface area contributed by atoms with Crippen molar-refractivity contribution < 1.29 is 9.47 Å². The van der Waals surface area contributed by atoms with Gasteiger partial charge >= 0.3 is 0 Å². The molecule has 0 spiro atoms. The van der Waals surface area contributed by atoms with E-state index in [-0.39, 0.29) is 15.1 Å². The van der Waals surface area contributed by atoms with Gasteiger partial charge in [-0.3, -0.25) is 0 Å². The largest absolute Gasteiger partial charge is 0.493 e. The van der Waals surface area contributed by atoms with Gasteiger partial charge in [0.15, 0.2) is 11.5 Å². The van der Waals surface area contributed by atoms with Crippen LogP contribution in [0.25, 0.3) is 0 Å². The van der Waals surface area contributed by atoms with Crippen molar-refractivity contribution in [2.24, 2.45) is 0 Å². The highest BCUT2D eigenvalue weighted by Crippen LogP contribution is 2.43. The van der Waals surface area contributed by atoms with Crippen LogP contribution < -0.4 is 9.47 Å². The van der Waals surface area contributed by atoms with E-state index >= 15 is 0 Å². The Morgan fingerprint density at radius 3 is 1.62 bits per heavy atom. The minimum atomic E-state index is 0.235. The number of hydrogen-bond acceptors (Lipinski definition) is 2. The lowest BCUT2D eigenvalue weighted by molar-refractivity contribution is 0.395. The fourth-order valence-corrected chi connectivity index (χ4v) is 1.88. The summed E-state index contributed by atoms with van der Waals surface area (Å²) >= 11 is 17.4. The van der Waals surface area contributed by atoms with Crippen LogP contribution in [0.2, 0.25) is 15.1 Å². The molecule has 5 heteroatoms. The number of methoxy groups -OCH3 is 2. The lowest BCUT2D eigenvalue weighted by atomic mass is 10.3. The van der Waals surface area contributed by atoms with E-state index in [9.17, 15) is 0 Å². The van der Waals surface area contributed by atoms with E-state index < -0.39 is 0 Å². The maximum Gasteiger partial charge on any atom is 0.160 e. The Balaban J connectivity index is 3.39. The van der Waals surface area contributed by atoms with Gasteiger partial charge in [-0.15, -0.1) is 0 Å². The Morgan fingerprint density at radius 2 is 1.31 bits per heavy atom. The van der Waals surface area contributed by atoms with Crippen molar-refractivity contribution in [3.8, 4) is 11.5 Å². The molecule has 0 heterocycles. The predicted octanol–water partition coefficient (Wildman–Crippen LogP) is 3.46. The average molecular weight is 240 g/mol. The topological polar surface area (TPSA) is 18.5 Å². The summed E-state index contributed by atoms with van der Waals surface area (Å²) in [6.07, 6.45) is 0. The van der Waals surface area contributed by atoms with Gasteiger partial charge < -0.3 is 9.47 Å². The van der Waals surface area contributed by atoms with Crippen LogP contribution in [0.15, 0.2) is 0 Å². The molecule has 0 aliphatic heterocycles. The van der Waals surface area contributed by atoms with Crippen LogP contribution in [0, 0.1) is 6.07 Å². The fraction of sp³-hybridized carbons (Fsp3) is 0.250. The first-order valence-electron chi connectivity index (χ1n) is 3.29. The highest BCUT2D eigenvalue weighted by molar-refractivity contribution is 6.41. The normalized spacial score (nSPS) is 9.92. The van der Waals surface area contributed by atoms with Gasteiger partial charge in [0.2, 0.25) is 0 Å². The van der Waals surface area contributed by atoms with Crippen LogP contribution in [-0.4, -0.2) is 14.2 Å². The molecule has 1 aromatic rings. The second kappa shape index (κ2) is 4.27. The monoisotopic (exact) mass is 239 g/mol. The minimum absolute atomic E-state index is 0.235. The lowest BCUT2D eigenvalue weighted by Crippen LogP contribution is -1.91. The van der Waals surface area contributed by atoms with E-state index in [1.54, 1.807) is 0 Å². The fourth-order valence-electron chi connectivity index (χ4n) is 0.864. The van der Waals surface area contributed by atoms with Crippen molar-refractivity contribution in [3.63, 3.8) is 0 Å². The Morgan fingerprint density at radius 1 is 0.923 bits per heavy atom. The van der Waals surface area contributed by atoms with E-state index in [1.807, 2.05) is 0 Å². The molecule has 0 bridgehead atoms. The quantitative estimate of drug-likeness (QED) is 0.788. The molecule has 1 radical (unpaired) electrons. The van der Waals surface area contributed by atoms with E-state index in [4.69, 9.17) is 44.3 Å². The number of halogens is 3. The zero-order valence-corrected chi connectivity index (χ0v) is 9.22. The van der Waals surface area contributed by atoms with Crippen molar-refractivity contribution >= 4 is 34.8 Å². The van der Waals surface area contributed by atoms with E-state index in [0.717, 1.165) is 0 Å². The Kier molecular flexibility index (Phi) is 3.54. The number of rotatable bonds is 2. The molecule has 0 amide bonds. The number of benzene rings is 1. The van der Waals surface area contributed by atoms with Crippen LogP contribution >= 0.6 is 34.8 Å². The molecular weight excluding hydrogens is 234 g/mol. The molecular formula is C8H6Cl3O2. The second-order valence-electron chi connectivity index (χ2n) is 2.13. The zero-order chi connectivity index (χ0) is 10.0. The van der Waals surface area contributed by atoms with Crippen LogP contribution in [0.1, 0.15) is 0 Å². The summed E-state index contributed by atoms with van der Waals surface area (Å²) in [5.41, 5.74) is 0. The zero-order valence-electron chi connectivity index (χ0n) is 6.95. The van der Waals surface area contributed by atoms with Crippen LogP contribution in [0.5, 0.6) is 11.5 Å². The van der Waals surface area contributed by atoms with Gasteiger partial charge in [-0.1, -0.05) is 34.8 Å². The van der Waals surface area contributed by atoms with Gasteiger partial charge in [-0.2, -0.15) is 0 Å². The van der Waals surface area contributed by atoms with Crippen molar-refractivity contribution in [2.45, 2.75) is 0 Å². The van der Waals surface area contributed by atoms with E-state index in [2.05, 4.69) is 6.07 Å². The average Bonchev–Trinajstić information content (AvgIpc) is 2.04. The highest BCUT2D eigenvalue weighted by Gasteiger charge is 2.16. The third-order valence-electron chi connectivity index (χ3n) is 1.43. The van der Waals surface area contributed by atoms with Gasteiger partial charge in [0.05, 0.1) is 24.3 Å². The number of hydrogen-bond donors (Lipinski definition) is 0. The summed E-state index contributed by atoms with van der Waals surface area (Å²) in [4.78, 5) is 0. The minimum Gasteiger partial charge on any atom is -0.493 e. The van der Waals surface area contributed by atoms with Crippen LogP contribution in [-0.2, 0) is 0 Å². The SMILES string of the molecule is COc1c(Cl)[c]c(Cl)c(OC)c1Cl. The maximum absolute atomic E-state index is 5.88. The summed E-state index contributed by atoms with van der Waals surface area (Å²) in [5, 5.41) is 0.718. The molecule has 1 aromatic carbocycles. The Bertz CT molecular complexity index is 297. The second-order valence-corrected chi connectivity index (χ2v) is 3.27. The molecule has 0 saturated heterocycles. The van der Waals surface area contributed by atoms with E-state index in [1.165, 1.54) is 14.2 Å². The summed E-state index contributed by atoms with van der Waals surface area (Å²) in [6, 6.07) is 2.65. The maximum atomic E-state index is 5.88. The van der Waals surface area contributed by atoms with Gasteiger partial charge in [0.25, 0.3) is 0 Å². The first kappa shape index (κ1) is 10.8. The third kappa shape index (κ3) is 1.96. The molecule has 0 unspecified atom stereocenters. The predicted molar refractivity (Wildman–Crippen MR) is 53.4 cm³/mol. The molecule has 0 saturated carbocycles. The van der Waals surface area contributed by atoms with Crippen LogP contribution in [0.4, 0.5) is 0 Å². The standard InChI is InChI=1S/C8H6Cl3O2/c1-12-7-4(9)3-5(10)8(13-2)6(7)11/h1-2H3. The Labute approximate surface area is 91.3 Å². The first-order valence-corrected chi connectivity index (χ1v) is 4.43. The molecule has 0 N–H and O–H groups in total. The summed E-state index contributed by atoms with van der Waals surface area (Å²) < 4.78 is 9.88. The van der Waals surface area contributed by atoms with Crippen LogP contribution in [0.3, 0.4) is 0 Å². The Hall–Kier alpha value is -0.310. The van der Waals surface area contributed by atoms with Gasteiger partial charge in [0.1, 0.15) is 5.02 Å².